The van der Waals surface area contributed by atoms with Gasteiger partial charge in [-0.1, -0.05) is 17.3 Å². The molecule has 3 aromatic rings. The molecule has 0 radical (unpaired) electrons. The quantitative estimate of drug-likeness (QED) is 0.667. The maximum atomic E-state index is 6.33. The fraction of sp³-hybridized carbons (Fsp3) is 0.381. The summed E-state index contributed by atoms with van der Waals surface area (Å²) < 4.78 is 11.8. The summed E-state index contributed by atoms with van der Waals surface area (Å²) in [6.07, 6.45) is 7.50. The summed E-state index contributed by atoms with van der Waals surface area (Å²) in [5.41, 5.74) is 1.72. The Morgan fingerprint density at radius 2 is 1.93 bits per heavy atom. The van der Waals surface area contributed by atoms with Crippen LogP contribution in [0.5, 0.6) is 5.75 Å². The average molecular weight is 362 g/mol. The molecule has 1 saturated carbocycles. The third-order valence-corrected chi connectivity index (χ3v) is 5.22. The van der Waals surface area contributed by atoms with E-state index in [1.807, 2.05) is 36.4 Å². The molecular weight excluding hydrogens is 340 g/mol. The van der Waals surface area contributed by atoms with Gasteiger partial charge in [0.2, 0.25) is 5.82 Å². The summed E-state index contributed by atoms with van der Waals surface area (Å²) in [6.45, 7) is 3.34. The second-order valence-electron chi connectivity index (χ2n) is 7.39. The molecule has 0 spiro atoms. The molecular formula is C21H22N4O2. The summed E-state index contributed by atoms with van der Waals surface area (Å²) >= 11 is 0. The average Bonchev–Trinajstić information content (AvgIpc) is 3.20. The molecule has 3 heterocycles. The van der Waals surface area contributed by atoms with E-state index < -0.39 is 0 Å². The topological polar surface area (TPSA) is 64.3 Å². The van der Waals surface area contributed by atoms with Crippen LogP contribution in [0, 0.1) is 5.92 Å². The molecule has 1 saturated heterocycles. The Bertz CT molecular complexity index is 907. The zero-order chi connectivity index (χ0) is 18.1. The lowest BCUT2D eigenvalue weighted by atomic mass is 10.2. The predicted molar refractivity (Wildman–Crippen MR) is 101 cm³/mol. The fourth-order valence-corrected chi connectivity index (χ4v) is 3.60. The largest absolute Gasteiger partial charge is 0.488 e. The van der Waals surface area contributed by atoms with Crippen molar-refractivity contribution in [3.63, 3.8) is 0 Å². The molecule has 5 rings (SSSR count). The Hall–Kier alpha value is -2.73. The third-order valence-electron chi connectivity index (χ3n) is 5.22. The van der Waals surface area contributed by atoms with Crippen LogP contribution in [-0.4, -0.2) is 45.8 Å². The summed E-state index contributed by atoms with van der Waals surface area (Å²) in [5, 5.41) is 4.11. The SMILES string of the molecule is c1ccc(-c2nc(-c3ccncc3)no2)c(OC2CCN(CC3CC3)C2)c1. The highest BCUT2D eigenvalue weighted by atomic mass is 16.5. The smallest absolute Gasteiger partial charge is 0.262 e. The molecule has 2 fully saturated rings. The Kier molecular flexibility index (Phi) is 4.33. The van der Waals surface area contributed by atoms with Crippen molar-refractivity contribution >= 4 is 0 Å². The summed E-state index contributed by atoms with van der Waals surface area (Å²) in [7, 11) is 0. The number of nitrogens with zero attached hydrogens (tertiary/aromatic N) is 4. The van der Waals surface area contributed by atoms with Crippen LogP contribution in [0.15, 0.2) is 53.3 Å². The minimum absolute atomic E-state index is 0.215. The van der Waals surface area contributed by atoms with Gasteiger partial charge >= 0.3 is 0 Å². The van der Waals surface area contributed by atoms with Gasteiger partial charge in [-0.05, 0) is 49.4 Å². The number of ether oxygens (including phenoxy) is 1. The maximum Gasteiger partial charge on any atom is 0.262 e. The molecule has 138 valence electrons. The first kappa shape index (κ1) is 16.4. The number of para-hydroxylation sites is 1. The molecule has 6 nitrogen and oxygen atoms in total. The molecule has 27 heavy (non-hydrogen) atoms. The van der Waals surface area contributed by atoms with Crippen molar-refractivity contribution in [3.05, 3.63) is 48.8 Å². The van der Waals surface area contributed by atoms with Crippen LogP contribution < -0.4 is 4.74 Å². The summed E-state index contributed by atoms with van der Waals surface area (Å²) in [5.74, 6) is 2.76. The van der Waals surface area contributed by atoms with Gasteiger partial charge in [0.05, 0.1) is 5.56 Å². The van der Waals surface area contributed by atoms with E-state index in [-0.39, 0.29) is 6.10 Å². The third kappa shape index (κ3) is 3.71. The molecule has 1 aliphatic heterocycles. The number of likely N-dealkylation sites (tertiary alicyclic amines) is 1. The number of hydrogen-bond acceptors (Lipinski definition) is 6. The molecule has 1 aliphatic carbocycles. The van der Waals surface area contributed by atoms with Crippen molar-refractivity contribution in [2.24, 2.45) is 5.92 Å². The van der Waals surface area contributed by atoms with E-state index in [1.54, 1.807) is 12.4 Å². The highest BCUT2D eigenvalue weighted by Crippen LogP contribution is 2.33. The van der Waals surface area contributed by atoms with Gasteiger partial charge in [0.15, 0.2) is 0 Å². The highest BCUT2D eigenvalue weighted by Gasteiger charge is 2.30. The molecule has 2 aromatic heterocycles. The standard InChI is InChI=1S/C21H22N4O2/c1-2-4-19(26-17-9-12-25(14-17)13-15-5-6-15)18(3-1)21-23-20(24-27-21)16-7-10-22-11-8-16/h1-4,7-8,10-11,15,17H,5-6,9,12-14H2. The number of pyridine rings is 1. The van der Waals surface area contributed by atoms with Gasteiger partial charge in [-0.2, -0.15) is 4.98 Å². The van der Waals surface area contributed by atoms with Crippen molar-refractivity contribution in [1.29, 1.82) is 0 Å². The monoisotopic (exact) mass is 362 g/mol. The second kappa shape index (κ2) is 7.12. The molecule has 0 amide bonds. The van der Waals surface area contributed by atoms with E-state index in [2.05, 4.69) is 20.0 Å². The Balaban J connectivity index is 1.33. The predicted octanol–water partition coefficient (Wildman–Crippen LogP) is 3.66. The number of hydrogen-bond donors (Lipinski definition) is 0. The van der Waals surface area contributed by atoms with Crippen molar-refractivity contribution in [3.8, 4) is 28.6 Å². The minimum Gasteiger partial charge on any atom is -0.488 e. The van der Waals surface area contributed by atoms with E-state index in [4.69, 9.17) is 9.26 Å². The lowest BCUT2D eigenvalue weighted by molar-refractivity contribution is 0.199. The number of aromatic nitrogens is 3. The zero-order valence-electron chi connectivity index (χ0n) is 15.1. The summed E-state index contributed by atoms with van der Waals surface area (Å²) in [6, 6.07) is 11.6. The van der Waals surface area contributed by atoms with E-state index in [0.29, 0.717) is 11.7 Å². The van der Waals surface area contributed by atoms with Crippen LogP contribution in [0.4, 0.5) is 0 Å². The van der Waals surface area contributed by atoms with Gasteiger partial charge < -0.3 is 9.26 Å². The summed E-state index contributed by atoms with van der Waals surface area (Å²) in [4.78, 5) is 11.1. The van der Waals surface area contributed by atoms with Crippen LogP contribution in [0.25, 0.3) is 22.8 Å². The maximum absolute atomic E-state index is 6.33. The highest BCUT2D eigenvalue weighted by molar-refractivity contribution is 5.65. The lowest BCUT2D eigenvalue weighted by Gasteiger charge is -2.17. The van der Waals surface area contributed by atoms with Crippen molar-refractivity contribution in [1.82, 2.24) is 20.0 Å². The van der Waals surface area contributed by atoms with Crippen LogP contribution in [-0.2, 0) is 0 Å². The van der Waals surface area contributed by atoms with Gasteiger partial charge in [-0.3, -0.25) is 9.88 Å². The molecule has 0 N–H and O–H groups in total. The van der Waals surface area contributed by atoms with Crippen molar-refractivity contribution in [2.45, 2.75) is 25.4 Å². The van der Waals surface area contributed by atoms with Crippen LogP contribution in [0.3, 0.4) is 0 Å². The van der Waals surface area contributed by atoms with Gasteiger partial charge in [-0.25, -0.2) is 0 Å². The van der Waals surface area contributed by atoms with Gasteiger partial charge in [-0.15, -0.1) is 0 Å². The Morgan fingerprint density at radius 1 is 1.07 bits per heavy atom. The van der Waals surface area contributed by atoms with Crippen LogP contribution in [0.1, 0.15) is 19.3 Å². The van der Waals surface area contributed by atoms with E-state index in [0.717, 1.165) is 42.3 Å². The second-order valence-corrected chi connectivity index (χ2v) is 7.39. The van der Waals surface area contributed by atoms with Crippen LogP contribution in [0.2, 0.25) is 0 Å². The van der Waals surface area contributed by atoms with E-state index in [9.17, 15) is 0 Å². The zero-order valence-corrected chi connectivity index (χ0v) is 15.1. The molecule has 0 bridgehead atoms. The molecule has 1 aromatic carbocycles. The first-order valence-corrected chi connectivity index (χ1v) is 9.58. The van der Waals surface area contributed by atoms with Gasteiger partial charge in [0.1, 0.15) is 11.9 Å². The van der Waals surface area contributed by atoms with Gasteiger partial charge in [0.25, 0.3) is 5.89 Å². The van der Waals surface area contributed by atoms with E-state index in [1.165, 1.54) is 19.4 Å². The number of benzene rings is 1. The number of rotatable bonds is 6. The Morgan fingerprint density at radius 3 is 2.78 bits per heavy atom. The van der Waals surface area contributed by atoms with Crippen molar-refractivity contribution in [2.75, 3.05) is 19.6 Å². The molecule has 2 aliphatic rings. The lowest BCUT2D eigenvalue weighted by Crippen LogP contribution is -2.26. The first-order chi connectivity index (χ1) is 13.3. The molecule has 1 unspecified atom stereocenters. The van der Waals surface area contributed by atoms with Gasteiger partial charge in [0, 0.05) is 37.6 Å². The van der Waals surface area contributed by atoms with E-state index >= 15 is 0 Å². The Labute approximate surface area is 158 Å². The fourth-order valence-electron chi connectivity index (χ4n) is 3.60. The first-order valence-electron chi connectivity index (χ1n) is 9.58. The van der Waals surface area contributed by atoms with Crippen LogP contribution >= 0.6 is 0 Å². The van der Waals surface area contributed by atoms with Crippen molar-refractivity contribution < 1.29 is 9.26 Å². The molecule has 6 heteroatoms. The minimum atomic E-state index is 0.215. The molecule has 1 atom stereocenters. The normalized spacial score (nSPS) is 20.1.